The Bertz CT molecular complexity index is 1140. The Balaban J connectivity index is 1.94. The number of hydrogen-bond donors (Lipinski definition) is 2. The first kappa shape index (κ1) is 18.7. The third-order valence-corrected chi connectivity index (χ3v) is 5.13. The number of rotatable bonds is 6. The highest BCUT2D eigenvalue weighted by Crippen LogP contribution is 2.13. The topological polar surface area (TPSA) is 110 Å². The van der Waals surface area contributed by atoms with Gasteiger partial charge in [0, 0.05) is 11.9 Å². The molecule has 0 aliphatic heterocycles. The minimum Gasteiger partial charge on any atom is -0.272 e. The van der Waals surface area contributed by atoms with Gasteiger partial charge in [0.1, 0.15) is 0 Å². The number of aryl methyl sites for hydroxylation is 1. The van der Waals surface area contributed by atoms with Crippen LogP contribution >= 0.6 is 0 Å². The van der Waals surface area contributed by atoms with Gasteiger partial charge in [-0.1, -0.05) is 43.3 Å². The number of nitrogens with zero attached hydrogens (tertiary/aromatic N) is 2. The lowest BCUT2D eigenvalue weighted by molar-refractivity contribution is 0.0939. The molecule has 1 heterocycles. The number of carbonyl (C=O) groups excluding carboxylic acids is 1. The number of sulfonamides is 1. The van der Waals surface area contributed by atoms with E-state index in [1.165, 1.54) is 16.8 Å². The highest BCUT2D eigenvalue weighted by Gasteiger charge is 2.19. The maximum absolute atomic E-state index is 12.6. The number of hydrogen-bond acceptors (Lipinski definition) is 5. The summed E-state index contributed by atoms with van der Waals surface area (Å²) in [5.74, 6) is -0.754. The molecule has 0 radical (unpaired) electrons. The summed E-state index contributed by atoms with van der Waals surface area (Å²) in [5.41, 5.74) is 1.83. The van der Waals surface area contributed by atoms with Gasteiger partial charge in [-0.15, -0.1) is 4.83 Å². The summed E-state index contributed by atoms with van der Waals surface area (Å²) in [5, 5.41) is 4.82. The molecule has 0 unspecified atom stereocenters. The highest BCUT2D eigenvalue weighted by molar-refractivity contribution is 7.89. The fourth-order valence-electron chi connectivity index (χ4n) is 2.60. The molecular weight excluding hydrogens is 368 g/mol. The van der Waals surface area contributed by atoms with E-state index in [0.717, 1.165) is 0 Å². The van der Waals surface area contributed by atoms with Gasteiger partial charge in [0.2, 0.25) is 0 Å². The monoisotopic (exact) mass is 386 g/mol. The highest BCUT2D eigenvalue weighted by atomic mass is 32.2. The fourth-order valence-corrected chi connectivity index (χ4v) is 3.46. The van der Waals surface area contributed by atoms with E-state index in [1.807, 2.05) is 11.8 Å². The van der Waals surface area contributed by atoms with Crippen LogP contribution in [0.4, 0.5) is 0 Å². The normalized spacial score (nSPS) is 11.4. The minimum absolute atomic E-state index is 0.0130. The van der Waals surface area contributed by atoms with Gasteiger partial charge in [0.05, 0.1) is 10.3 Å². The maximum Gasteiger partial charge on any atom is 0.287 e. The van der Waals surface area contributed by atoms with Crippen molar-refractivity contribution in [3.63, 3.8) is 0 Å². The first-order valence-corrected chi connectivity index (χ1v) is 9.79. The molecule has 0 aliphatic rings. The molecular formula is C18H18N4O4S. The molecule has 2 aromatic carbocycles. The Hall–Kier alpha value is -3.04. The van der Waals surface area contributed by atoms with Gasteiger partial charge in [-0.05, 0) is 24.6 Å². The van der Waals surface area contributed by atoms with Crippen molar-refractivity contribution in [1.82, 2.24) is 20.0 Å². The zero-order valence-electron chi connectivity index (χ0n) is 14.5. The van der Waals surface area contributed by atoms with E-state index in [2.05, 4.69) is 10.5 Å². The van der Waals surface area contributed by atoms with Crippen molar-refractivity contribution in [2.24, 2.45) is 0 Å². The largest absolute Gasteiger partial charge is 0.287 e. The van der Waals surface area contributed by atoms with Crippen LogP contribution < -0.4 is 15.8 Å². The Morgan fingerprint density at radius 2 is 1.67 bits per heavy atom. The number of hydrazine groups is 1. The minimum atomic E-state index is -3.92. The molecule has 9 heteroatoms. The standard InChI is InChI=1S/C18H18N4O4S/c1-2-12-22-18(24)15-11-7-6-10-14(15)16(20-22)17(23)19-21-27(25,26)13-8-4-3-5-9-13/h3-11,21H,2,12H2,1H3,(H,19,23). The van der Waals surface area contributed by atoms with Crippen LogP contribution in [-0.4, -0.2) is 24.1 Å². The van der Waals surface area contributed by atoms with Gasteiger partial charge in [0.25, 0.3) is 21.5 Å². The molecule has 0 fully saturated rings. The SMILES string of the molecule is CCCn1nc(C(=O)NNS(=O)(=O)c2ccccc2)c2ccccc2c1=O. The van der Waals surface area contributed by atoms with Crippen LogP contribution in [0.25, 0.3) is 10.8 Å². The van der Waals surface area contributed by atoms with Gasteiger partial charge >= 0.3 is 0 Å². The fraction of sp³-hybridized carbons (Fsp3) is 0.167. The first-order chi connectivity index (χ1) is 12.9. The molecule has 3 aromatic rings. The van der Waals surface area contributed by atoms with Crippen LogP contribution in [-0.2, 0) is 16.6 Å². The average Bonchev–Trinajstić information content (AvgIpc) is 2.69. The van der Waals surface area contributed by atoms with E-state index in [4.69, 9.17) is 0 Å². The average molecular weight is 386 g/mol. The van der Waals surface area contributed by atoms with Crippen molar-refractivity contribution in [1.29, 1.82) is 0 Å². The van der Waals surface area contributed by atoms with E-state index in [0.29, 0.717) is 23.7 Å². The van der Waals surface area contributed by atoms with Crippen LogP contribution in [0, 0.1) is 0 Å². The second-order valence-corrected chi connectivity index (χ2v) is 7.48. The third-order valence-electron chi connectivity index (χ3n) is 3.87. The van der Waals surface area contributed by atoms with E-state index < -0.39 is 15.9 Å². The van der Waals surface area contributed by atoms with E-state index in [9.17, 15) is 18.0 Å². The van der Waals surface area contributed by atoms with Crippen LogP contribution in [0.15, 0.2) is 64.3 Å². The summed E-state index contributed by atoms with van der Waals surface area (Å²) in [4.78, 5) is 27.1. The van der Waals surface area contributed by atoms with E-state index in [1.54, 1.807) is 42.5 Å². The summed E-state index contributed by atoms with van der Waals surface area (Å²) in [6.07, 6.45) is 0.660. The molecule has 0 bridgehead atoms. The second-order valence-electron chi connectivity index (χ2n) is 5.80. The summed E-state index contributed by atoms with van der Waals surface area (Å²) in [6, 6.07) is 14.2. The number of fused-ring (bicyclic) bond motifs is 1. The van der Waals surface area contributed by atoms with Crippen LogP contribution in [0.3, 0.4) is 0 Å². The predicted octanol–water partition coefficient (Wildman–Crippen LogP) is 1.43. The summed E-state index contributed by atoms with van der Waals surface area (Å²) in [7, 11) is -3.92. The molecule has 0 saturated carbocycles. The predicted molar refractivity (Wildman–Crippen MR) is 101 cm³/mol. The number of carbonyl (C=O) groups is 1. The van der Waals surface area contributed by atoms with Crippen molar-refractivity contribution in [2.45, 2.75) is 24.8 Å². The van der Waals surface area contributed by atoms with Crippen molar-refractivity contribution in [3.8, 4) is 0 Å². The van der Waals surface area contributed by atoms with Gasteiger partial charge < -0.3 is 0 Å². The molecule has 3 rings (SSSR count). The lowest BCUT2D eigenvalue weighted by Gasteiger charge is -2.11. The number of nitrogens with one attached hydrogen (secondary N) is 2. The zero-order chi connectivity index (χ0) is 19.4. The van der Waals surface area contributed by atoms with Crippen LogP contribution in [0.2, 0.25) is 0 Å². The van der Waals surface area contributed by atoms with Gasteiger partial charge in [-0.3, -0.25) is 15.0 Å². The van der Waals surface area contributed by atoms with Gasteiger partial charge in [-0.2, -0.15) is 5.10 Å². The molecule has 27 heavy (non-hydrogen) atoms. The molecule has 1 amide bonds. The Morgan fingerprint density at radius 3 is 2.33 bits per heavy atom. The maximum atomic E-state index is 12.6. The summed E-state index contributed by atoms with van der Waals surface area (Å²) in [6.45, 7) is 2.23. The Labute approximate surface area is 155 Å². The molecule has 0 atom stereocenters. The van der Waals surface area contributed by atoms with Crippen molar-refractivity contribution < 1.29 is 13.2 Å². The van der Waals surface area contributed by atoms with Crippen LogP contribution in [0.1, 0.15) is 23.8 Å². The van der Waals surface area contributed by atoms with Gasteiger partial charge in [0.15, 0.2) is 5.69 Å². The molecule has 0 saturated heterocycles. The van der Waals surface area contributed by atoms with Crippen LogP contribution in [0.5, 0.6) is 0 Å². The lowest BCUT2D eigenvalue weighted by atomic mass is 10.1. The van der Waals surface area contributed by atoms with Crippen molar-refractivity contribution >= 4 is 26.7 Å². The molecule has 140 valence electrons. The number of amides is 1. The lowest BCUT2D eigenvalue weighted by Crippen LogP contribution is -2.42. The third kappa shape index (κ3) is 3.88. The summed E-state index contributed by atoms with van der Waals surface area (Å²) >= 11 is 0. The molecule has 0 spiro atoms. The number of benzene rings is 2. The Morgan fingerprint density at radius 1 is 1.04 bits per heavy atom. The quantitative estimate of drug-likeness (QED) is 0.623. The smallest absolute Gasteiger partial charge is 0.272 e. The molecule has 1 aromatic heterocycles. The van der Waals surface area contributed by atoms with E-state index in [-0.39, 0.29) is 16.1 Å². The zero-order valence-corrected chi connectivity index (χ0v) is 15.4. The van der Waals surface area contributed by atoms with Crippen molar-refractivity contribution in [3.05, 3.63) is 70.6 Å². The summed E-state index contributed by atoms with van der Waals surface area (Å²) < 4.78 is 25.7. The Kier molecular flexibility index (Phi) is 5.33. The number of aromatic nitrogens is 2. The van der Waals surface area contributed by atoms with E-state index >= 15 is 0 Å². The van der Waals surface area contributed by atoms with Crippen molar-refractivity contribution in [2.75, 3.05) is 0 Å². The molecule has 8 nitrogen and oxygen atoms in total. The first-order valence-electron chi connectivity index (χ1n) is 8.31. The second kappa shape index (κ2) is 7.68. The molecule has 0 aliphatic carbocycles. The van der Waals surface area contributed by atoms with Gasteiger partial charge in [-0.25, -0.2) is 13.1 Å². The molecule has 2 N–H and O–H groups in total.